The van der Waals surface area contributed by atoms with E-state index in [1.807, 2.05) is 72.8 Å². The molecule has 0 aromatic heterocycles. The molecule has 0 saturated heterocycles. The molecule has 2 atom stereocenters. The highest BCUT2D eigenvalue weighted by atomic mass is 35.6. The van der Waals surface area contributed by atoms with Gasteiger partial charge in [-0.3, -0.25) is 9.59 Å². The number of carboxylic acids is 1. The SMILES string of the molecule is COc1ccc2cc(C(C)C(=O)O)ccc2c1.COc1ccc2cc(C(C)C(=O)OCCS(=O)(=O)CCO)ccc2c1.ClC(Cl)Cl.O=S(=O)(CCO)CCO. The molecular weight excluding hydrogens is 823 g/mol. The standard InChI is InChI=1S/C18H22O6S.C14H14O3.C4H10O4S.CHCl3/c1-13(18(20)24-8-10-25(21,22)9-7-19)14-3-4-16-12-17(23-2)6-5-15(16)11-14;1-9(14(15)16)10-3-4-12-8-13(17-2)6-5-11(12)7-10;5-1-3-9(7,8)4-2-6;2-1(3)4/h3-6,11-13,19H,7-10H2,1-2H3;3-9H,1-2H3,(H,15,16);5-6H,1-4H2;1H. The smallest absolute Gasteiger partial charge is 0.313 e. The molecule has 0 bridgehead atoms. The molecule has 0 aliphatic heterocycles. The Hall–Kier alpha value is -3.41. The van der Waals surface area contributed by atoms with Crippen LogP contribution in [0.5, 0.6) is 11.5 Å². The van der Waals surface area contributed by atoms with Crippen molar-refractivity contribution in [1.82, 2.24) is 0 Å². The topological polar surface area (TPSA) is 211 Å². The van der Waals surface area contributed by atoms with Crippen LogP contribution in [0.15, 0.2) is 72.8 Å². The third kappa shape index (κ3) is 18.9. The van der Waals surface area contributed by atoms with Gasteiger partial charge in [-0.25, -0.2) is 16.8 Å². The Morgan fingerprint density at radius 3 is 1.31 bits per heavy atom. The molecule has 18 heteroatoms. The van der Waals surface area contributed by atoms with Crippen LogP contribution in [0, 0.1) is 0 Å². The average molecular weight is 870 g/mol. The molecule has 0 saturated carbocycles. The molecule has 0 heterocycles. The molecule has 0 aliphatic carbocycles. The lowest BCUT2D eigenvalue weighted by Gasteiger charge is -2.13. The maximum atomic E-state index is 12.1. The van der Waals surface area contributed by atoms with Gasteiger partial charge in [-0.1, -0.05) is 83.3 Å². The minimum atomic E-state index is -3.39. The quantitative estimate of drug-likeness (QED) is 0.0883. The number of hydrogen-bond donors (Lipinski definition) is 4. The van der Waals surface area contributed by atoms with Crippen molar-refractivity contribution in [1.29, 1.82) is 0 Å². The number of esters is 1. The van der Waals surface area contributed by atoms with Crippen molar-refractivity contribution in [2.75, 3.05) is 63.7 Å². The van der Waals surface area contributed by atoms with E-state index in [4.69, 9.17) is 69.4 Å². The molecule has 13 nitrogen and oxygen atoms in total. The minimum Gasteiger partial charge on any atom is -0.497 e. The molecule has 0 spiro atoms. The van der Waals surface area contributed by atoms with E-state index in [-0.39, 0.29) is 42.8 Å². The highest BCUT2D eigenvalue weighted by molar-refractivity contribution is 7.91. The fraction of sp³-hybridized carbons (Fsp3) is 0.405. The lowest BCUT2D eigenvalue weighted by atomic mass is 9.98. The van der Waals surface area contributed by atoms with E-state index < -0.39 is 54.4 Å². The number of ether oxygens (including phenoxy) is 3. The summed E-state index contributed by atoms with van der Waals surface area (Å²) in [5.41, 5.74) is 1.61. The first-order valence-corrected chi connectivity index (χ1v) is 21.5. The van der Waals surface area contributed by atoms with Gasteiger partial charge in [-0.2, -0.15) is 0 Å². The summed E-state index contributed by atoms with van der Waals surface area (Å²) in [6.07, 6.45) is 0. The normalized spacial score (nSPS) is 12.2. The van der Waals surface area contributed by atoms with Crippen LogP contribution in [-0.4, -0.2) is 117 Å². The van der Waals surface area contributed by atoms with E-state index in [0.29, 0.717) is 0 Å². The van der Waals surface area contributed by atoms with E-state index in [9.17, 15) is 26.4 Å². The molecule has 0 radical (unpaired) electrons. The van der Waals surface area contributed by atoms with Crippen molar-refractivity contribution in [3.05, 3.63) is 83.9 Å². The van der Waals surface area contributed by atoms with Gasteiger partial charge < -0.3 is 34.6 Å². The number of carboxylic acid groups (broad SMARTS) is 1. The Labute approximate surface area is 336 Å². The number of sulfone groups is 2. The predicted octanol–water partition coefficient (Wildman–Crippen LogP) is 5.31. The fourth-order valence-corrected chi connectivity index (χ4v) is 6.15. The average Bonchev–Trinajstić information content (AvgIpc) is 3.13. The number of methoxy groups -OCH3 is 2. The number of carbonyl (C=O) groups excluding carboxylic acids is 1. The van der Waals surface area contributed by atoms with E-state index in [1.54, 1.807) is 28.1 Å². The Morgan fingerprint density at radius 1 is 0.600 bits per heavy atom. The summed E-state index contributed by atoms with van der Waals surface area (Å²) in [5, 5.41) is 38.0. The molecule has 2 unspecified atom stereocenters. The number of carbonyl (C=O) groups is 2. The van der Waals surface area contributed by atoms with Crippen LogP contribution >= 0.6 is 34.8 Å². The maximum absolute atomic E-state index is 12.1. The number of halogens is 3. The van der Waals surface area contributed by atoms with Crippen molar-refractivity contribution in [3.63, 3.8) is 0 Å². The number of aliphatic carboxylic acids is 1. The first-order chi connectivity index (χ1) is 25.8. The third-order valence-electron chi connectivity index (χ3n) is 7.71. The van der Waals surface area contributed by atoms with Gasteiger partial charge in [0, 0.05) is 0 Å². The molecule has 4 N–H and O–H groups in total. The number of alkyl halides is 3. The predicted molar refractivity (Wildman–Crippen MR) is 216 cm³/mol. The number of hydrogen-bond acceptors (Lipinski definition) is 12. The monoisotopic (exact) mass is 868 g/mol. The number of fused-ring (bicyclic) bond motifs is 2. The molecular formula is C37H47Cl3O13S2. The Balaban J connectivity index is 0.000000433. The van der Waals surface area contributed by atoms with Crippen molar-refractivity contribution < 1.29 is 61.1 Å². The molecule has 4 aromatic rings. The number of benzene rings is 4. The largest absolute Gasteiger partial charge is 0.497 e. The Kier molecular flexibility index (Phi) is 22.5. The van der Waals surface area contributed by atoms with Gasteiger partial charge in [0.1, 0.15) is 18.1 Å². The zero-order valence-corrected chi connectivity index (χ0v) is 34.6. The van der Waals surface area contributed by atoms with Gasteiger partial charge in [0.25, 0.3) is 0 Å². The molecule has 4 aromatic carbocycles. The highest BCUT2D eigenvalue weighted by Crippen LogP contribution is 2.27. The zero-order valence-electron chi connectivity index (χ0n) is 30.7. The van der Waals surface area contributed by atoms with Gasteiger partial charge in [0.15, 0.2) is 24.0 Å². The summed E-state index contributed by atoms with van der Waals surface area (Å²) in [5.74, 6) is -1.84. The number of rotatable bonds is 15. The third-order valence-corrected chi connectivity index (χ3v) is 10.9. The number of aliphatic hydroxyl groups excluding tert-OH is 3. The molecule has 0 aliphatic rings. The van der Waals surface area contributed by atoms with Crippen molar-refractivity contribution in [2.45, 2.75) is 30.0 Å². The van der Waals surface area contributed by atoms with Crippen LogP contribution in [-0.2, 0) is 34.0 Å². The molecule has 0 fully saturated rings. The summed E-state index contributed by atoms with van der Waals surface area (Å²) >= 11 is 14.4. The highest BCUT2D eigenvalue weighted by Gasteiger charge is 2.19. The lowest BCUT2D eigenvalue weighted by Crippen LogP contribution is -2.21. The van der Waals surface area contributed by atoms with Crippen LogP contribution < -0.4 is 9.47 Å². The summed E-state index contributed by atoms with van der Waals surface area (Å²) in [6.45, 7) is 2.01. The summed E-state index contributed by atoms with van der Waals surface area (Å²) in [4.78, 5) is 23.1. The van der Waals surface area contributed by atoms with Crippen LogP contribution in [0.25, 0.3) is 21.5 Å². The van der Waals surface area contributed by atoms with Crippen LogP contribution in [0.2, 0.25) is 0 Å². The Bertz CT molecular complexity index is 2010. The van der Waals surface area contributed by atoms with E-state index >= 15 is 0 Å². The summed E-state index contributed by atoms with van der Waals surface area (Å²) < 4.78 is 58.7. The molecule has 0 amide bonds. The second-order valence-corrected chi connectivity index (χ2v) is 18.2. The van der Waals surface area contributed by atoms with E-state index in [1.165, 1.54) is 0 Å². The summed E-state index contributed by atoms with van der Waals surface area (Å²) in [7, 11) is -3.34. The van der Waals surface area contributed by atoms with Gasteiger partial charge in [-0.15, -0.1) is 0 Å². The Morgan fingerprint density at radius 2 is 0.945 bits per heavy atom. The molecule has 306 valence electrons. The van der Waals surface area contributed by atoms with Crippen molar-refractivity contribution in [3.8, 4) is 11.5 Å². The van der Waals surface area contributed by atoms with Crippen molar-refractivity contribution >= 4 is 88.0 Å². The van der Waals surface area contributed by atoms with Gasteiger partial charge in [0.2, 0.25) is 0 Å². The number of aliphatic hydroxyl groups is 3. The van der Waals surface area contributed by atoms with E-state index in [0.717, 1.165) is 44.2 Å². The molecule has 55 heavy (non-hydrogen) atoms. The van der Waals surface area contributed by atoms with E-state index in [2.05, 4.69) is 0 Å². The first kappa shape index (κ1) is 49.6. The second kappa shape index (κ2) is 25.0. The minimum absolute atomic E-state index is 0.212. The zero-order chi connectivity index (χ0) is 41.8. The summed E-state index contributed by atoms with van der Waals surface area (Å²) in [6, 6.07) is 22.8. The van der Waals surface area contributed by atoms with Crippen LogP contribution in [0.1, 0.15) is 36.8 Å². The lowest BCUT2D eigenvalue weighted by molar-refractivity contribution is -0.144. The van der Waals surface area contributed by atoms with Crippen LogP contribution in [0.3, 0.4) is 0 Å². The van der Waals surface area contributed by atoms with Crippen molar-refractivity contribution in [2.24, 2.45) is 0 Å². The fourth-order valence-electron chi connectivity index (χ4n) is 4.57. The van der Waals surface area contributed by atoms with Crippen LogP contribution in [0.4, 0.5) is 0 Å². The first-order valence-electron chi connectivity index (χ1n) is 16.5. The van der Waals surface area contributed by atoms with Gasteiger partial charge >= 0.3 is 11.9 Å². The second-order valence-electron chi connectivity index (χ2n) is 11.6. The maximum Gasteiger partial charge on any atom is 0.313 e. The molecule has 4 rings (SSSR count). The van der Waals surface area contributed by atoms with Gasteiger partial charge in [0.05, 0.1) is 68.9 Å². The van der Waals surface area contributed by atoms with Gasteiger partial charge in [-0.05, 0) is 70.8 Å².